The van der Waals surface area contributed by atoms with Gasteiger partial charge >= 0.3 is 6.10 Å². The average molecular weight is 187 g/mol. The fourth-order valence-corrected chi connectivity index (χ4v) is 0.708. The molecule has 0 unspecified atom stereocenters. The summed E-state index contributed by atoms with van der Waals surface area (Å²) in [5.41, 5.74) is 0. The molecule has 0 spiro atoms. The van der Waals surface area contributed by atoms with E-state index >= 15 is 0 Å². The van der Waals surface area contributed by atoms with Gasteiger partial charge in [-0.2, -0.15) is 8.42 Å². The molecule has 0 atom stereocenters. The van der Waals surface area contributed by atoms with Gasteiger partial charge in [-0.25, -0.2) is 5.32 Å². The lowest BCUT2D eigenvalue weighted by Crippen LogP contribution is -2.46. The summed E-state index contributed by atoms with van der Waals surface area (Å²) in [6.45, 7) is -0.470. The Labute approximate surface area is 63.0 Å². The Kier molecular flexibility index (Phi) is 3.35. The number of hydrogen-bond donors (Lipinski definition) is 5. The first-order chi connectivity index (χ1) is 4.71. The molecule has 0 aliphatic carbocycles. The van der Waals surface area contributed by atoms with Crippen LogP contribution >= 0.6 is 0 Å². The molecule has 0 saturated carbocycles. The van der Waals surface area contributed by atoms with Crippen molar-refractivity contribution in [3.63, 3.8) is 0 Å². The lowest BCUT2D eigenvalue weighted by Gasteiger charge is -2.13. The monoisotopic (exact) mass is 187 g/mol. The molecule has 68 valence electrons. The normalized spacial score (nSPS) is 13.5. The molecule has 0 rings (SSSR count). The third kappa shape index (κ3) is 9.75. The highest BCUT2D eigenvalue weighted by atomic mass is 32.2. The van der Waals surface area contributed by atoms with Crippen LogP contribution in [0.1, 0.15) is 0 Å². The molecule has 11 heavy (non-hydrogen) atoms. The van der Waals surface area contributed by atoms with Crippen molar-refractivity contribution >= 4 is 10.1 Å². The van der Waals surface area contributed by atoms with Crippen molar-refractivity contribution in [3.05, 3.63) is 0 Å². The van der Waals surface area contributed by atoms with Gasteiger partial charge in [-0.3, -0.25) is 4.55 Å². The number of hydrogen-bond acceptors (Lipinski definition) is 6. The third-order valence-electron chi connectivity index (χ3n) is 0.722. The van der Waals surface area contributed by atoms with E-state index in [1.54, 1.807) is 5.32 Å². The van der Waals surface area contributed by atoms with Gasteiger partial charge < -0.3 is 15.3 Å². The molecule has 0 aromatic heterocycles. The fourth-order valence-electron chi connectivity index (χ4n) is 0.348. The van der Waals surface area contributed by atoms with Crippen molar-refractivity contribution in [3.8, 4) is 0 Å². The summed E-state index contributed by atoms with van der Waals surface area (Å²) < 4.78 is 28.1. The highest BCUT2D eigenvalue weighted by Gasteiger charge is 2.17. The number of nitrogens with one attached hydrogen (secondary N) is 1. The van der Waals surface area contributed by atoms with E-state index in [-0.39, 0.29) is 0 Å². The van der Waals surface area contributed by atoms with Crippen molar-refractivity contribution in [2.24, 2.45) is 0 Å². The molecular formula is C3H9NO6S. The van der Waals surface area contributed by atoms with E-state index in [4.69, 9.17) is 19.9 Å². The van der Waals surface area contributed by atoms with Crippen LogP contribution in [-0.4, -0.2) is 46.7 Å². The molecule has 0 amide bonds. The smallest absolute Gasteiger partial charge is 0.330 e. The van der Waals surface area contributed by atoms with Crippen molar-refractivity contribution in [2.75, 3.05) is 12.3 Å². The van der Waals surface area contributed by atoms with Gasteiger partial charge in [0.2, 0.25) is 0 Å². The Morgan fingerprint density at radius 2 is 1.73 bits per heavy atom. The lowest BCUT2D eigenvalue weighted by atomic mass is 10.7. The van der Waals surface area contributed by atoms with Crippen molar-refractivity contribution in [2.45, 2.75) is 6.10 Å². The van der Waals surface area contributed by atoms with Gasteiger partial charge in [0.25, 0.3) is 10.1 Å². The van der Waals surface area contributed by atoms with E-state index in [2.05, 4.69) is 0 Å². The van der Waals surface area contributed by atoms with Gasteiger partial charge in [0, 0.05) is 6.54 Å². The topological polar surface area (TPSA) is 127 Å². The van der Waals surface area contributed by atoms with E-state index in [1.165, 1.54) is 0 Å². The second-order valence-corrected chi connectivity index (χ2v) is 3.42. The van der Waals surface area contributed by atoms with Crippen molar-refractivity contribution in [1.29, 1.82) is 0 Å². The summed E-state index contributed by atoms with van der Waals surface area (Å²) in [7, 11) is -4.14. The highest BCUT2D eigenvalue weighted by Crippen LogP contribution is 1.85. The zero-order chi connectivity index (χ0) is 9.12. The van der Waals surface area contributed by atoms with Crippen LogP contribution in [0.4, 0.5) is 0 Å². The van der Waals surface area contributed by atoms with E-state index in [9.17, 15) is 8.42 Å². The van der Waals surface area contributed by atoms with Crippen molar-refractivity contribution < 1.29 is 28.3 Å². The van der Waals surface area contributed by atoms with E-state index < -0.39 is 28.5 Å². The van der Waals surface area contributed by atoms with Crippen LogP contribution in [-0.2, 0) is 10.1 Å². The molecule has 0 fully saturated rings. The Morgan fingerprint density at radius 1 is 1.27 bits per heavy atom. The molecule has 0 aromatic rings. The van der Waals surface area contributed by atoms with Gasteiger partial charge in [-0.05, 0) is 0 Å². The summed E-state index contributed by atoms with van der Waals surface area (Å²) in [4.78, 5) is 0. The van der Waals surface area contributed by atoms with Crippen LogP contribution in [0, 0.1) is 0 Å². The van der Waals surface area contributed by atoms with Gasteiger partial charge in [0.1, 0.15) is 0 Å². The quantitative estimate of drug-likeness (QED) is 0.235. The first-order valence-electron chi connectivity index (χ1n) is 2.58. The number of rotatable bonds is 4. The van der Waals surface area contributed by atoms with Gasteiger partial charge in [-0.15, -0.1) is 0 Å². The van der Waals surface area contributed by atoms with E-state index in [1.807, 2.05) is 0 Å². The second kappa shape index (κ2) is 3.43. The molecule has 0 aromatic carbocycles. The molecule has 0 bridgehead atoms. The second-order valence-electron chi connectivity index (χ2n) is 1.85. The predicted octanol–water partition coefficient (Wildman–Crippen LogP) is -2.95. The minimum Gasteiger partial charge on any atom is -0.330 e. The zero-order valence-corrected chi connectivity index (χ0v) is 6.24. The van der Waals surface area contributed by atoms with Crippen LogP contribution in [0.5, 0.6) is 0 Å². The van der Waals surface area contributed by atoms with Crippen LogP contribution in [0.3, 0.4) is 0 Å². The van der Waals surface area contributed by atoms with E-state index in [0.29, 0.717) is 0 Å². The Balaban J connectivity index is 3.61. The van der Waals surface area contributed by atoms with Crippen LogP contribution in [0.15, 0.2) is 0 Å². The third-order valence-corrected chi connectivity index (χ3v) is 1.44. The van der Waals surface area contributed by atoms with Gasteiger partial charge in [0.05, 0.1) is 5.75 Å². The SMILES string of the molecule is O=S(=O)(O)CCNC(O)(O)O. The molecule has 0 radical (unpaired) electrons. The maximum Gasteiger partial charge on any atom is 0.343 e. The summed E-state index contributed by atoms with van der Waals surface area (Å²) in [6, 6.07) is 0. The molecule has 0 heterocycles. The largest absolute Gasteiger partial charge is 0.343 e. The molecule has 0 aliphatic rings. The Morgan fingerprint density at radius 3 is 2.00 bits per heavy atom. The minimum atomic E-state index is -4.14. The van der Waals surface area contributed by atoms with Crippen LogP contribution in [0.25, 0.3) is 0 Å². The molecule has 7 nitrogen and oxygen atoms in total. The lowest BCUT2D eigenvalue weighted by molar-refractivity contribution is -0.330. The maximum atomic E-state index is 9.99. The van der Waals surface area contributed by atoms with Crippen molar-refractivity contribution in [1.82, 2.24) is 5.32 Å². The predicted molar refractivity (Wildman–Crippen MR) is 33.8 cm³/mol. The summed E-state index contributed by atoms with van der Waals surface area (Å²) in [5.74, 6) is -0.712. The van der Waals surface area contributed by atoms with Crippen LogP contribution in [0.2, 0.25) is 0 Å². The van der Waals surface area contributed by atoms with Gasteiger partial charge in [-0.1, -0.05) is 0 Å². The zero-order valence-electron chi connectivity index (χ0n) is 5.43. The first-order valence-corrected chi connectivity index (χ1v) is 4.19. The average Bonchev–Trinajstić information content (AvgIpc) is 1.55. The molecular weight excluding hydrogens is 178 g/mol. The highest BCUT2D eigenvalue weighted by molar-refractivity contribution is 7.85. The molecule has 0 saturated heterocycles. The van der Waals surface area contributed by atoms with Gasteiger partial charge in [0.15, 0.2) is 0 Å². The van der Waals surface area contributed by atoms with E-state index in [0.717, 1.165) is 0 Å². The summed E-state index contributed by atoms with van der Waals surface area (Å²) >= 11 is 0. The standard InChI is InChI=1S/C3H9NO6S/c5-3(6,7)4-1-2-11(8,9)10/h4-7H,1-2H2,(H,8,9,10). The van der Waals surface area contributed by atoms with Crippen LogP contribution < -0.4 is 5.32 Å². The minimum absolute atomic E-state index is 0.470. The summed E-state index contributed by atoms with van der Waals surface area (Å²) in [6.07, 6.45) is -3.11. The first kappa shape index (κ1) is 10.8. The summed E-state index contributed by atoms with van der Waals surface area (Å²) in [5, 5.41) is 26.0. The molecule has 5 N–H and O–H groups in total. The molecule has 0 aliphatic heterocycles. The molecule has 8 heteroatoms. The fraction of sp³-hybridized carbons (Fsp3) is 1.00. The Bertz CT molecular complexity index is 202. The number of aliphatic hydroxyl groups is 3. The Hall–Kier alpha value is -0.250. The maximum absolute atomic E-state index is 9.99.